The van der Waals surface area contributed by atoms with Crippen molar-refractivity contribution in [3.8, 4) is 0 Å². The summed E-state index contributed by atoms with van der Waals surface area (Å²) >= 11 is 5.28. The summed E-state index contributed by atoms with van der Waals surface area (Å²) in [4.78, 5) is 13.0. The molecular weight excluding hydrogens is 330 g/mol. The number of aryl methyl sites for hydroxylation is 1. The lowest BCUT2D eigenvalue weighted by molar-refractivity contribution is -0.113. The van der Waals surface area contributed by atoms with E-state index in [1.165, 1.54) is 0 Å². The number of hydrogen-bond donors (Lipinski definition) is 3. The maximum atomic E-state index is 13.0. The molecule has 2 aromatic rings. The molecule has 0 bridgehead atoms. The van der Waals surface area contributed by atoms with Gasteiger partial charge < -0.3 is 16.0 Å². The number of thiocarbonyl (C=S) groups is 1. The Morgan fingerprint density at radius 3 is 2.48 bits per heavy atom. The monoisotopic (exact) mass is 351 g/mol. The first-order valence-corrected chi connectivity index (χ1v) is 8.59. The highest BCUT2D eigenvalue weighted by Gasteiger charge is 2.29. The van der Waals surface area contributed by atoms with E-state index in [-0.39, 0.29) is 11.9 Å². The molecule has 2 aromatic carbocycles. The molecule has 0 saturated heterocycles. The third-order valence-corrected chi connectivity index (χ3v) is 4.72. The average molecular weight is 351 g/mol. The fourth-order valence-electron chi connectivity index (χ4n) is 2.97. The second kappa shape index (κ2) is 7.07. The minimum Gasteiger partial charge on any atom is -0.351 e. The van der Waals surface area contributed by atoms with E-state index in [1.807, 2.05) is 69.3 Å². The van der Waals surface area contributed by atoms with Gasteiger partial charge in [-0.3, -0.25) is 4.79 Å². The maximum Gasteiger partial charge on any atom is 0.255 e. The van der Waals surface area contributed by atoms with Crippen LogP contribution in [0.25, 0.3) is 0 Å². The summed E-state index contributed by atoms with van der Waals surface area (Å²) in [5, 5.41) is 9.84. The van der Waals surface area contributed by atoms with Crippen LogP contribution < -0.4 is 16.0 Å². The molecule has 1 aliphatic heterocycles. The van der Waals surface area contributed by atoms with Crippen molar-refractivity contribution in [2.45, 2.75) is 26.8 Å². The highest BCUT2D eigenvalue weighted by Crippen LogP contribution is 2.28. The van der Waals surface area contributed by atoms with E-state index in [0.717, 1.165) is 28.1 Å². The number of carbonyl (C=O) groups excluding carboxylic acids is 1. The van der Waals surface area contributed by atoms with E-state index in [4.69, 9.17) is 12.2 Å². The summed E-state index contributed by atoms with van der Waals surface area (Å²) in [6, 6.07) is 15.5. The van der Waals surface area contributed by atoms with E-state index in [9.17, 15) is 4.79 Å². The Balaban J connectivity index is 1.96. The predicted octanol–water partition coefficient (Wildman–Crippen LogP) is 3.73. The Labute approximate surface area is 153 Å². The summed E-state index contributed by atoms with van der Waals surface area (Å²) in [7, 11) is 0. The van der Waals surface area contributed by atoms with E-state index in [2.05, 4.69) is 16.0 Å². The first-order chi connectivity index (χ1) is 12.0. The first kappa shape index (κ1) is 17.2. The Morgan fingerprint density at radius 1 is 1.04 bits per heavy atom. The van der Waals surface area contributed by atoms with E-state index >= 15 is 0 Å². The molecule has 3 N–H and O–H groups in total. The lowest BCUT2D eigenvalue weighted by Gasteiger charge is -2.30. The Kier molecular flexibility index (Phi) is 4.86. The van der Waals surface area contributed by atoms with Gasteiger partial charge >= 0.3 is 0 Å². The van der Waals surface area contributed by atoms with Crippen LogP contribution >= 0.6 is 12.2 Å². The van der Waals surface area contributed by atoms with Crippen molar-refractivity contribution in [1.29, 1.82) is 0 Å². The molecule has 1 heterocycles. The average Bonchev–Trinajstić information content (AvgIpc) is 2.59. The molecule has 1 atom stereocenters. The molecule has 3 rings (SSSR count). The second-order valence-electron chi connectivity index (χ2n) is 6.18. The smallest absolute Gasteiger partial charge is 0.255 e. The van der Waals surface area contributed by atoms with Gasteiger partial charge in [0, 0.05) is 11.4 Å². The fraction of sp³-hybridized carbons (Fsp3) is 0.200. The van der Waals surface area contributed by atoms with Crippen molar-refractivity contribution in [2.24, 2.45) is 0 Å². The third kappa shape index (κ3) is 3.56. The number of rotatable bonds is 3. The van der Waals surface area contributed by atoms with Gasteiger partial charge in [0.05, 0.1) is 11.6 Å². The Hall–Kier alpha value is -2.66. The molecule has 0 aromatic heterocycles. The van der Waals surface area contributed by atoms with Crippen LogP contribution in [-0.2, 0) is 4.79 Å². The SMILES string of the molecule is CC1=C(C(=O)Nc2cccc(C)c2C)[C@H](c2ccccc2)NC(=S)N1. The number of amides is 1. The first-order valence-electron chi connectivity index (χ1n) is 8.18. The van der Waals surface area contributed by atoms with Gasteiger partial charge in [-0.1, -0.05) is 42.5 Å². The van der Waals surface area contributed by atoms with Crippen LogP contribution in [0, 0.1) is 13.8 Å². The molecule has 1 aliphatic rings. The molecule has 0 radical (unpaired) electrons. The summed E-state index contributed by atoms with van der Waals surface area (Å²) in [5.41, 5.74) is 5.44. The largest absolute Gasteiger partial charge is 0.351 e. The van der Waals surface area contributed by atoms with Crippen LogP contribution in [0.3, 0.4) is 0 Å². The lowest BCUT2D eigenvalue weighted by Crippen LogP contribution is -2.45. The summed E-state index contributed by atoms with van der Waals surface area (Å²) in [6.07, 6.45) is 0. The fourth-order valence-corrected chi connectivity index (χ4v) is 3.24. The van der Waals surface area contributed by atoms with Gasteiger partial charge in [-0.25, -0.2) is 0 Å². The van der Waals surface area contributed by atoms with Crippen molar-refractivity contribution in [3.05, 3.63) is 76.5 Å². The normalized spacial score (nSPS) is 16.9. The number of allylic oxidation sites excluding steroid dienone is 1. The van der Waals surface area contributed by atoms with Gasteiger partial charge in [0.1, 0.15) is 0 Å². The maximum absolute atomic E-state index is 13.0. The second-order valence-corrected chi connectivity index (χ2v) is 6.59. The molecule has 128 valence electrons. The van der Waals surface area contributed by atoms with Crippen molar-refractivity contribution < 1.29 is 4.79 Å². The quantitative estimate of drug-likeness (QED) is 0.738. The van der Waals surface area contributed by atoms with Gasteiger partial charge in [-0.15, -0.1) is 0 Å². The minimum atomic E-state index is -0.278. The zero-order valence-electron chi connectivity index (χ0n) is 14.5. The van der Waals surface area contributed by atoms with Crippen LogP contribution in [0.15, 0.2) is 59.8 Å². The Morgan fingerprint density at radius 2 is 1.76 bits per heavy atom. The number of nitrogens with one attached hydrogen (secondary N) is 3. The van der Waals surface area contributed by atoms with Crippen LogP contribution in [0.4, 0.5) is 5.69 Å². The molecule has 0 saturated carbocycles. The van der Waals surface area contributed by atoms with Crippen molar-refractivity contribution in [3.63, 3.8) is 0 Å². The zero-order chi connectivity index (χ0) is 18.0. The number of benzene rings is 2. The zero-order valence-corrected chi connectivity index (χ0v) is 15.3. The molecule has 5 heteroatoms. The van der Waals surface area contributed by atoms with E-state index in [0.29, 0.717) is 10.7 Å². The van der Waals surface area contributed by atoms with Crippen molar-refractivity contribution in [2.75, 3.05) is 5.32 Å². The van der Waals surface area contributed by atoms with E-state index in [1.54, 1.807) is 0 Å². The van der Waals surface area contributed by atoms with Crippen molar-refractivity contribution >= 4 is 28.9 Å². The highest BCUT2D eigenvalue weighted by molar-refractivity contribution is 7.80. The van der Waals surface area contributed by atoms with Crippen LogP contribution in [-0.4, -0.2) is 11.0 Å². The molecule has 0 aliphatic carbocycles. The third-order valence-electron chi connectivity index (χ3n) is 4.50. The van der Waals surface area contributed by atoms with Gasteiger partial charge in [-0.05, 0) is 55.7 Å². The molecule has 0 fully saturated rings. The van der Waals surface area contributed by atoms with Crippen LogP contribution in [0.5, 0.6) is 0 Å². The number of carbonyl (C=O) groups is 1. The minimum absolute atomic E-state index is 0.137. The van der Waals surface area contributed by atoms with Crippen LogP contribution in [0.2, 0.25) is 0 Å². The van der Waals surface area contributed by atoms with Crippen molar-refractivity contribution in [1.82, 2.24) is 10.6 Å². The highest BCUT2D eigenvalue weighted by atomic mass is 32.1. The van der Waals surface area contributed by atoms with Gasteiger partial charge in [0.15, 0.2) is 5.11 Å². The van der Waals surface area contributed by atoms with E-state index < -0.39 is 0 Å². The summed E-state index contributed by atoms with van der Waals surface area (Å²) < 4.78 is 0. The predicted molar refractivity (Wildman–Crippen MR) is 105 cm³/mol. The van der Waals surface area contributed by atoms with Gasteiger partial charge in [0.25, 0.3) is 5.91 Å². The topological polar surface area (TPSA) is 53.2 Å². The Bertz CT molecular complexity index is 858. The molecular formula is C20H21N3OS. The molecule has 1 amide bonds. The van der Waals surface area contributed by atoms with Crippen LogP contribution in [0.1, 0.15) is 29.7 Å². The number of anilines is 1. The number of hydrogen-bond acceptors (Lipinski definition) is 2. The van der Waals surface area contributed by atoms with Gasteiger partial charge in [0.2, 0.25) is 0 Å². The molecule has 0 unspecified atom stereocenters. The standard InChI is InChI=1S/C20H21N3OS/c1-12-8-7-11-16(13(12)2)22-19(24)17-14(3)21-20(25)23-18(17)15-9-5-4-6-10-15/h4-11,18H,1-3H3,(H,22,24)(H2,21,23,25)/t18-/m0/s1. The lowest BCUT2D eigenvalue weighted by atomic mass is 9.95. The molecule has 25 heavy (non-hydrogen) atoms. The molecule has 4 nitrogen and oxygen atoms in total. The van der Waals surface area contributed by atoms with Gasteiger partial charge in [-0.2, -0.15) is 0 Å². The molecule has 0 spiro atoms. The summed E-state index contributed by atoms with van der Waals surface area (Å²) in [6.45, 7) is 5.92. The summed E-state index contributed by atoms with van der Waals surface area (Å²) in [5.74, 6) is -0.137.